The van der Waals surface area contributed by atoms with E-state index in [1.807, 2.05) is 0 Å². The first-order valence-corrected chi connectivity index (χ1v) is 4.98. The second-order valence-electron chi connectivity index (χ2n) is 3.77. The number of hydrogen-bond donors (Lipinski definition) is 0. The van der Waals surface area contributed by atoms with Crippen LogP contribution in [-0.2, 0) is 0 Å². The summed E-state index contributed by atoms with van der Waals surface area (Å²) in [7, 11) is 0. The third kappa shape index (κ3) is 1.93. The zero-order valence-electron chi connectivity index (χ0n) is 9.36. The Morgan fingerprint density at radius 2 is 1.62 bits per heavy atom. The van der Waals surface area contributed by atoms with Gasteiger partial charge in [0, 0.05) is 0 Å². The van der Waals surface area contributed by atoms with E-state index in [1.54, 1.807) is 0 Å². The van der Waals surface area contributed by atoms with Crippen molar-refractivity contribution in [3.8, 4) is 0 Å². The highest BCUT2D eigenvalue weighted by Crippen LogP contribution is 2.22. The molecule has 0 unspecified atom stereocenters. The maximum absolute atomic E-state index is 2.30. The van der Waals surface area contributed by atoms with Gasteiger partial charge in [0.15, 0.2) is 0 Å². The van der Waals surface area contributed by atoms with Crippen molar-refractivity contribution in [2.24, 2.45) is 0 Å². The molecule has 0 saturated heterocycles. The molecule has 0 heteroatoms. The fourth-order valence-corrected chi connectivity index (χ4v) is 1.68. The monoisotopic (exact) mass is 175 g/mol. The van der Waals surface area contributed by atoms with Crippen LogP contribution in [0, 0.1) is 34.1 Å². The maximum Gasteiger partial charge on any atom is -0.00929 e. The van der Waals surface area contributed by atoms with Gasteiger partial charge in [0.1, 0.15) is 0 Å². The van der Waals surface area contributed by atoms with E-state index in [4.69, 9.17) is 0 Å². The first-order valence-electron chi connectivity index (χ1n) is 4.98. The van der Waals surface area contributed by atoms with Crippen LogP contribution >= 0.6 is 0 Å². The molecule has 0 N–H and O–H groups in total. The first kappa shape index (κ1) is 10.3. The Bertz CT molecular complexity index is 308. The van der Waals surface area contributed by atoms with Gasteiger partial charge in [0.05, 0.1) is 0 Å². The molecule has 1 aromatic carbocycles. The van der Waals surface area contributed by atoms with Crippen LogP contribution in [0.25, 0.3) is 0 Å². The molecule has 0 aliphatic rings. The lowest BCUT2D eigenvalue weighted by molar-refractivity contribution is 1.09. The summed E-state index contributed by atoms with van der Waals surface area (Å²) in [6.45, 7) is 11.0. The van der Waals surface area contributed by atoms with Gasteiger partial charge >= 0.3 is 0 Å². The van der Waals surface area contributed by atoms with Gasteiger partial charge in [0.25, 0.3) is 0 Å². The summed E-state index contributed by atoms with van der Waals surface area (Å²) in [4.78, 5) is 0. The molecule has 13 heavy (non-hydrogen) atoms. The van der Waals surface area contributed by atoms with Crippen molar-refractivity contribution >= 4 is 0 Å². The number of rotatable bonds is 2. The minimum atomic E-state index is 1.11. The van der Waals surface area contributed by atoms with Gasteiger partial charge in [-0.3, -0.25) is 0 Å². The molecule has 0 nitrogen and oxygen atoms in total. The predicted octanol–water partition coefficient (Wildman–Crippen LogP) is 3.88. The Balaban J connectivity index is 3.24. The fraction of sp³-hybridized carbons (Fsp3) is 0.462. The summed E-state index contributed by atoms with van der Waals surface area (Å²) in [5.74, 6) is 0. The Hall–Kier alpha value is -0.780. The van der Waals surface area contributed by atoms with Crippen LogP contribution in [0.3, 0.4) is 0 Å². The third-order valence-electron chi connectivity index (χ3n) is 2.95. The van der Waals surface area contributed by atoms with Crippen LogP contribution in [0.1, 0.15) is 41.2 Å². The van der Waals surface area contributed by atoms with E-state index in [-0.39, 0.29) is 0 Å². The number of benzene rings is 1. The lowest BCUT2D eigenvalue weighted by Crippen LogP contribution is -1.96. The smallest absolute Gasteiger partial charge is 0.00929 e. The van der Waals surface area contributed by atoms with E-state index in [0.29, 0.717) is 0 Å². The molecule has 0 amide bonds. The van der Waals surface area contributed by atoms with Gasteiger partial charge in [0.2, 0.25) is 0 Å². The summed E-state index contributed by atoms with van der Waals surface area (Å²) in [6, 6.07) is 2.29. The van der Waals surface area contributed by atoms with Gasteiger partial charge in [-0.05, 0) is 68.4 Å². The summed E-state index contributed by atoms with van der Waals surface area (Å²) in [6.07, 6.45) is 3.41. The zero-order chi connectivity index (χ0) is 10.0. The quantitative estimate of drug-likeness (QED) is 0.640. The number of aryl methyl sites for hydroxylation is 1. The van der Waals surface area contributed by atoms with Crippen molar-refractivity contribution in [2.75, 3.05) is 0 Å². The Morgan fingerprint density at radius 1 is 1.00 bits per heavy atom. The Labute approximate surface area is 82.0 Å². The molecule has 1 aromatic rings. The number of hydrogen-bond acceptors (Lipinski definition) is 0. The van der Waals surface area contributed by atoms with Crippen LogP contribution in [0.4, 0.5) is 0 Å². The van der Waals surface area contributed by atoms with Crippen molar-refractivity contribution in [3.05, 3.63) is 40.3 Å². The summed E-state index contributed by atoms with van der Waals surface area (Å²) >= 11 is 0. The second kappa shape index (κ2) is 3.95. The summed E-state index contributed by atoms with van der Waals surface area (Å²) in [5.41, 5.74) is 7.13. The Kier molecular flexibility index (Phi) is 3.13. The molecule has 1 rings (SSSR count). The van der Waals surface area contributed by atoms with E-state index >= 15 is 0 Å². The average Bonchev–Trinajstić information content (AvgIpc) is 2.11. The molecule has 1 radical (unpaired) electrons. The Morgan fingerprint density at radius 3 is 2.15 bits per heavy atom. The molecule has 0 heterocycles. The van der Waals surface area contributed by atoms with Crippen LogP contribution in [0.5, 0.6) is 0 Å². The third-order valence-corrected chi connectivity index (χ3v) is 2.95. The van der Waals surface area contributed by atoms with E-state index in [9.17, 15) is 0 Å². The van der Waals surface area contributed by atoms with Crippen LogP contribution in [0.15, 0.2) is 6.07 Å². The normalized spacial score (nSPS) is 10.5. The largest absolute Gasteiger partial charge is 0.0648 e. The highest BCUT2D eigenvalue weighted by Gasteiger charge is 2.05. The lowest BCUT2D eigenvalue weighted by atomic mass is 9.93. The van der Waals surface area contributed by atoms with Gasteiger partial charge in [-0.1, -0.05) is 13.0 Å². The topological polar surface area (TPSA) is 0 Å². The maximum atomic E-state index is 2.30. The zero-order valence-corrected chi connectivity index (χ0v) is 9.36. The molecule has 0 aliphatic heterocycles. The van der Waals surface area contributed by atoms with Gasteiger partial charge in [-0.2, -0.15) is 0 Å². The van der Waals surface area contributed by atoms with Crippen molar-refractivity contribution < 1.29 is 0 Å². The molecule has 0 atom stereocenters. The van der Waals surface area contributed by atoms with Crippen molar-refractivity contribution in [1.82, 2.24) is 0 Å². The molecule has 0 saturated carbocycles. The van der Waals surface area contributed by atoms with Gasteiger partial charge in [-0.25, -0.2) is 0 Å². The highest BCUT2D eigenvalue weighted by atomic mass is 14.1. The van der Waals surface area contributed by atoms with Crippen molar-refractivity contribution in [2.45, 2.75) is 41.0 Å². The van der Waals surface area contributed by atoms with Crippen molar-refractivity contribution in [1.29, 1.82) is 0 Å². The van der Waals surface area contributed by atoms with Crippen molar-refractivity contribution in [3.63, 3.8) is 0 Å². The molecular weight excluding hydrogens is 156 g/mol. The second-order valence-corrected chi connectivity index (χ2v) is 3.77. The molecule has 0 bridgehead atoms. The van der Waals surface area contributed by atoms with Crippen LogP contribution in [-0.4, -0.2) is 0 Å². The summed E-state index contributed by atoms with van der Waals surface area (Å²) < 4.78 is 0. The van der Waals surface area contributed by atoms with Crippen LogP contribution < -0.4 is 0 Å². The summed E-state index contributed by atoms with van der Waals surface area (Å²) in [5, 5.41) is 0. The average molecular weight is 175 g/mol. The SMILES string of the molecule is CC[CH]c1cc(C)c(C)c(C)c1C. The highest BCUT2D eigenvalue weighted by molar-refractivity contribution is 5.46. The molecular formula is C13H19. The molecule has 0 fully saturated rings. The van der Waals surface area contributed by atoms with Gasteiger partial charge < -0.3 is 0 Å². The van der Waals surface area contributed by atoms with E-state index in [1.165, 1.54) is 27.8 Å². The van der Waals surface area contributed by atoms with E-state index < -0.39 is 0 Å². The van der Waals surface area contributed by atoms with E-state index in [0.717, 1.165) is 6.42 Å². The fourth-order valence-electron chi connectivity index (χ4n) is 1.68. The van der Waals surface area contributed by atoms with Crippen LogP contribution in [0.2, 0.25) is 0 Å². The standard InChI is InChI=1S/C13H19/c1-6-7-13-8-9(2)10(3)11(4)12(13)5/h7-8H,6H2,1-5H3. The van der Waals surface area contributed by atoms with Gasteiger partial charge in [-0.15, -0.1) is 0 Å². The lowest BCUT2D eigenvalue weighted by Gasteiger charge is -2.13. The molecule has 0 spiro atoms. The predicted molar refractivity (Wildman–Crippen MR) is 59.1 cm³/mol. The first-order chi connectivity index (χ1) is 6.07. The molecule has 71 valence electrons. The van der Waals surface area contributed by atoms with E-state index in [2.05, 4.69) is 47.1 Å². The molecule has 0 aliphatic carbocycles. The minimum absolute atomic E-state index is 1.11. The minimum Gasteiger partial charge on any atom is -0.0648 e. The molecule has 0 aromatic heterocycles.